The first kappa shape index (κ1) is 17.0. The first-order valence-corrected chi connectivity index (χ1v) is 9.02. The van der Waals surface area contributed by atoms with E-state index in [9.17, 15) is 0 Å². The van der Waals surface area contributed by atoms with Gasteiger partial charge in [0.1, 0.15) is 0 Å². The van der Waals surface area contributed by atoms with Gasteiger partial charge in [-0.25, -0.2) is 0 Å². The molecule has 1 aromatic carbocycles. The molecule has 0 saturated heterocycles. The van der Waals surface area contributed by atoms with E-state index < -0.39 is 0 Å². The molecule has 118 valence electrons. The van der Waals surface area contributed by atoms with Crippen LogP contribution in [0, 0.1) is 0 Å². The van der Waals surface area contributed by atoms with Crippen molar-refractivity contribution in [2.24, 2.45) is 0 Å². The molecule has 21 heavy (non-hydrogen) atoms. The molecule has 0 heterocycles. The average molecular weight is 353 g/mol. The third-order valence-corrected chi connectivity index (χ3v) is 5.33. The SMILES string of the molecule is CC(C)N(CCNC1CC(c2ccccc2Br)C1)C(C)C. The zero-order chi connectivity index (χ0) is 15.4. The minimum absolute atomic E-state index is 0.626. The summed E-state index contributed by atoms with van der Waals surface area (Å²) in [4.78, 5) is 2.55. The van der Waals surface area contributed by atoms with Crippen molar-refractivity contribution in [1.82, 2.24) is 10.2 Å². The van der Waals surface area contributed by atoms with E-state index in [1.807, 2.05) is 0 Å². The van der Waals surface area contributed by atoms with Gasteiger partial charge in [0, 0.05) is 35.7 Å². The van der Waals surface area contributed by atoms with E-state index >= 15 is 0 Å². The van der Waals surface area contributed by atoms with Gasteiger partial charge >= 0.3 is 0 Å². The molecule has 1 aliphatic rings. The quantitative estimate of drug-likeness (QED) is 0.781. The second-order valence-corrected chi connectivity index (χ2v) is 7.62. The van der Waals surface area contributed by atoms with E-state index in [1.165, 1.54) is 22.9 Å². The van der Waals surface area contributed by atoms with Gasteiger partial charge in [-0.1, -0.05) is 34.1 Å². The molecule has 1 saturated carbocycles. The Bertz CT molecular complexity index is 431. The summed E-state index contributed by atoms with van der Waals surface area (Å²) in [6.07, 6.45) is 2.54. The first-order valence-electron chi connectivity index (χ1n) is 8.22. The minimum atomic E-state index is 0.626. The van der Waals surface area contributed by atoms with E-state index in [4.69, 9.17) is 0 Å². The maximum Gasteiger partial charge on any atom is 0.0210 e. The van der Waals surface area contributed by atoms with Crippen molar-refractivity contribution in [1.29, 1.82) is 0 Å². The number of halogens is 1. The van der Waals surface area contributed by atoms with Gasteiger partial charge in [-0.05, 0) is 58.1 Å². The molecule has 1 N–H and O–H groups in total. The third-order valence-electron chi connectivity index (χ3n) is 4.61. The van der Waals surface area contributed by atoms with Crippen LogP contribution in [0.15, 0.2) is 28.7 Å². The lowest BCUT2D eigenvalue weighted by molar-refractivity contribution is 0.168. The second kappa shape index (κ2) is 7.75. The molecular formula is C18H29BrN2. The van der Waals surface area contributed by atoms with Gasteiger partial charge in [0.2, 0.25) is 0 Å². The molecular weight excluding hydrogens is 324 g/mol. The molecule has 1 aromatic rings. The van der Waals surface area contributed by atoms with Crippen molar-refractivity contribution in [3.05, 3.63) is 34.3 Å². The van der Waals surface area contributed by atoms with E-state index in [0.29, 0.717) is 18.1 Å². The molecule has 0 aromatic heterocycles. The summed E-state index contributed by atoms with van der Waals surface area (Å²) in [5.41, 5.74) is 1.47. The van der Waals surface area contributed by atoms with E-state index in [0.717, 1.165) is 19.0 Å². The molecule has 0 spiro atoms. The van der Waals surface area contributed by atoms with Gasteiger partial charge in [0.25, 0.3) is 0 Å². The Morgan fingerprint density at radius 3 is 2.33 bits per heavy atom. The fourth-order valence-corrected chi connectivity index (χ4v) is 3.96. The highest BCUT2D eigenvalue weighted by atomic mass is 79.9. The zero-order valence-corrected chi connectivity index (χ0v) is 15.4. The highest BCUT2D eigenvalue weighted by Crippen LogP contribution is 2.39. The molecule has 1 aliphatic carbocycles. The molecule has 0 amide bonds. The summed E-state index contributed by atoms with van der Waals surface area (Å²) in [6.45, 7) is 11.4. The zero-order valence-electron chi connectivity index (χ0n) is 13.8. The summed E-state index contributed by atoms with van der Waals surface area (Å²) in [7, 11) is 0. The predicted molar refractivity (Wildman–Crippen MR) is 94.9 cm³/mol. The van der Waals surface area contributed by atoms with E-state index in [1.54, 1.807) is 0 Å². The van der Waals surface area contributed by atoms with Crippen molar-refractivity contribution in [3.8, 4) is 0 Å². The van der Waals surface area contributed by atoms with Crippen molar-refractivity contribution in [2.45, 2.75) is 64.6 Å². The average Bonchev–Trinajstić information content (AvgIpc) is 2.37. The number of hydrogen-bond acceptors (Lipinski definition) is 2. The van der Waals surface area contributed by atoms with Crippen LogP contribution in [0.2, 0.25) is 0 Å². The Labute approximate surface area is 138 Å². The Kier molecular flexibility index (Phi) is 6.27. The van der Waals surface area contributed by atoms with Crippen LogP contribution in [-0.2, 0) is 0 Å². The summed E-state index contributed by atoms with van der Waals surface area (Å²) in [5, 5.41) is 3.72. The number of rotatable bonds is 7. The van der Waals surface area contributed by atoms with Gasteiger partial charge in [0.05, 0.1) is 0 Å². The van der Waals surface area contributed by atoms with Gasteiger partial charge in [0.15, 0.2) is 0 Å². The molecule has 2 rings (SSSR count). The van der Waals surface area contributed by atoms with Gasteiger partial charge < -0.3 is 5.32 Å². The second-order valence-electron chi connectivity index (χ2n) is 6.77. The van der Waals surface area contributed by atoms with Crippen LogP contribution in [0.1, 0.15) is 52.0 Å². The predicted octanol–water partition coefficient (Wildman–Crippen LogP) is 4.40. The van der Waals surface area contributed by atoms with Crippen LogP contribution in [0.3, 0.4) is 0 Å². The summed E-state index contributed by atoms with van der Waals surface area (Å²) >= 11 is 3.67. The summed E-state index contributed by atoms with van der Waals surface area (Å²) in [5.74, 6) is 0.726. The van der Waals surface area contributed by atoms with Gasteiger partial charge in [-0.3, -0.25) is 4.90 Å². The van der Waals surface area contributed by atoms with Crippen LogP contribution in [0.5, 0.6) is 0 Å². The Morgan fingerprint density at radius 2 is 1.76 bits per heavy atom. The highest BCUT2D eigenvalue weighted by molar-refractivity contribution is 9.10. The molecule has 0 unspecified atom stereocenters. The molecule has 0 aliphatic heterocycles. The summed E-state index contributed by atoms with van der Waals surface area (Å²) in [6, 6.07) is 10.6. The molecule has 0 atom stereocenters. The lowest BCUT2D eigenvalue weighted by Gasteiger charge is -2.38. The lowest BCUT2D eigenvalue weighted by atomic mass is 9.76. The normalized spacial score (nSPS) is 22.1. The fraction of sp³-hybridized carbons (Fsp3) is 0.667. The van der Waals surface area contributed by atoms with Crippen LogP contribution in [-0.4, -0.2) is 36.1 Å². The fourth-order valence-electron chi connectivity index (χ4n) is 3.36. The van der Waals surface area contributed by atoms with Crippen LogP contribution in [0.25, 0.3) is 0 Å². The highest BCUT2D eigenvalue weighted by Gasteiger charge is 2.30. The van der Waals surface area contributed by atoms with Gasteiger partial charge in [-0.15, -0.1) is 0 Å². The number of nitrogens with zero attached hydrogens (tertiary/aromatic N) is 1. The van der Waals surface area contributed by atoms with Crippen molar-refractivity contribution >= 4 is 15.9 Å². The van der Waals surface area contributed by atoms with E-state index in [2.05, 4.69) is 78.1 Å². The molecule has 1 fully saturated rings. The lowest BCUT2D eigenvalue weighted by Crippen LogP contribution is -2.46. The number of nitrogens with one attached hydrogen (secondary N) is 1. The molecule has 2 nitrogen and oxygen atoms in total. The standard InChI is InChI=1S/C18H29BrN2/c1-13(2)21(14(3)4)10-9-20-16-11-15(12-16)17-7-5-6-8-18(17)19/h5-8,13-16,20H,9-12H2,1-4H3. The monoisotopic (exact) mass is 352 g/mol. The minimum Gasteiger partial charge on any atom is -0.313 e. The van der Waals surface area contributed by atoms with Crippen LogP contribution >= 0.6 is 15.9 Å². The largest absolute Gasteiger partial charge is 0.313 e. The van der Waals surface area contributed by atoms with Crippen molar-refractivity contribution < 1.29 is 0 Å². The van der Waals surface area contributed by atoms with Crippen molar-refractivity contribution in [2.75, 3.05) is 13.1 Å². The van der Waals surface area contributed by atoms with Gasteiger partial charge in [-0.2, -0.15) is 0 Å². The topological polar surface area (TPSA) is 15.3 Å². The number of hydrogen-bond donors (Lipinski definition) is 1. The Balaban J connectivity index is 1.70. The summed E-state index contributed by atoms with van der Waals surface area (Å²) < 4.78 is 1.26. The van der Waals surface area contributed by atoms with E-state index in [-0.39, 0.29) is 0 Å². The molecule has 0 bridgehead atoms. The van der Waals surface area contributed by atoms with Crippen LogP contribution in [0.4, 0.5) is 0 Å². The third kappa shape index (κ3) is 4.54. The molecule has 3 heteroatoms. The molecule has 0 radical (unpaired) electrons. The van der Waals surface area contributed by atoms with Crippen molar-refractivity contribution in [3.63, 3.8) is 0 Å². The number of benzene rings is 1. The Hall–Kier alpha value is -0.380. The smallest absolute Gasteiger partial charge is 0.0210 e. The maximum atomic E-state index is 3.72. The van der Waals surface area contributed by atoms with Crippen LogP contribution < -0.4 is 5.32 Å². The first-order chi connectivity index (χ1) is 9.99. The maximum absolute atomic E-state index is 3.72. The Morgan fingerprint density at radius 1 is 1.14 bits per heavy atom.